The molecule has 2 amide bonds. The summed E-state index contributed by atoms with van der Waals surface area (Å²) < 4.78 is 11.0. The zero-order valence-electron chi connectivity index (χ0n) is 17.4. The summed E-state index contributed by atoms with van der Waals surface area (Å²) in [5, 5.41) is 20.1. The number of hydrogen-bond donors (Lipinski definition) is 4. The van der Waals surface area contributed by atoms with Gasteiger partial charge in [0.15, 0.2) is 0 Å². The highest BCUT2D eigenvalue weighted by atomic mass is 16.6. The lowest BCUT2D eigenvalue weighted by Crippen LogP contribution is -2.17. The summed E-state index contributed by atoms with van der Waals surface area (Å²) in [6.07, 6.45) is 3.57. The fraction of sp³-hybridized carbons (Fsp3) is 0.304. The number of aliphatic hydroxyl groups is 1. The number of anilines is 1. The van der Waals surface area contributed by atoms with Crippen LogP contribution in [0.3, 0.4) is 0 Å². The normalized spacial score (nSPS) is 11.7. The Hall–Kier alpha value is -3.36. The van der Waals surface area contributed by atoms with Crippen molar-refractivity contribution in [1.29, 1.82) is 0 Å². The maximum absolute atomic E-state index is 12.4. The third-order valence-corrected chi connectivity index (χ3v) is 4.38. The number of rotatable bonds is 11. The maximum atomic E-state index is 12.4. The van der Waals surface area contributed by atoms with Crippen LogP contribution < -0.4 is 15.5 Å². The minimum atomic E-state index is -0.594. The Kier molecular flexibility index (Phi) is 10.1. The van der Waals surface area contributed by atoms with Gasteiger partial charge in [0.05, 0.1) is 6.61 Å². The van der Waals surface area contributed by atoms with Crippen LogP contribution in [0.1, 0.15) is 36.5 Å². The number of hydroxylamine groups is 1. The number of amides is 2. The van der Waals surface area contributed by atoms with E-state index in [9.17, 15) is 9.59 Å². The van der Waals surface area contributed by atoms with Crippen molar-refractivity contribution in [2.24, 2.45) is 0 Å². The topological polar surface area (TPSA) is 117 Å². The van der Waals surface area contributed by atoms with Gasteiger partial charge in [-0.15, -0.1) is 0 Å². The van der Waals surface area contributed by atoms with E-state index in [1.165, 1.54) is 11.6 Å². The fourth-order valence-corrected chi connectivity index (χ4v) is 2.80. The third-order valence-electron chi connectivity index (χ3n) is 4.38. The summed E-state index contributed by atoms with van der Waals surface area (Å²) in [5.74, 6) is 0.0161. The van der Waals surface area contributed by atoms with Crippen LogP contribution in [0.25, 0.3) is 0 Å². The number of carbonyl (C=O) groups is 2. The van der Waals surface area contributed by atoms with Crippen molar-refractivity contribution in [1.82, 2.24) is 5.48 Å². The van der Waals surface area contributed by atoms with Gasteiger partial charge in [-0.1, -0.05) is 35.9 Å². The Bertz CT molecular complexity index is 849. The molecule has 0 radical (unpaired) electrons. The number of hydrogen-bond acceptors (Lipinski definition) is 6. The van der Waals surface area contributed by atoms with Crippen LogP contribution in [-0.4, -0.2) is 35.5 Å². The Morgan fingerprint density at radius 1 is 1.10 bits per heavy atom. The molecule has 0 unspecified atom stereocenters. The summed E-state index contributed by atoms with van der Waals surface area (Å²) in [7, 11) is 0. The minimum Gasteiger partial charge on any atom is -0.491 e. The van der Waals surface area contributed by atoms with Crippen molar-refractivity contribution in [2.75, 3.05) is 18.5 Å². The van der Waals surface area contributed by atoms with Gasteiger partial charge in [-0.3, -0.25) is 15.3 Å². The number of ether oxygens (including phenoxy) is 2. The van der Waals surface area contributed by atoms with Crippen LogP contribution >= 0.6 is 0 Å². The number of unbranched alkanes of at least 4 members (excludes halogenated alkanes) is 1. The maximum Gasteiger partial charge on any atom is 0.412 e. The number of carbonyl (C=O) groups excluding carboxylic acids is 2. The van der Waals surface area contributed by atoms with Gasteiger partial charge < -0.3 is 14.6 Å². The monoisotopic (exact) mass is 428 g/mol. The first-order valence-electron chi connectivity index (χ1n) is 10.0. The van der Waals surface area contributed by atoms with Crippen molar-refractivity contribution in [3.8, 4) is 5.75 Å². The largest absolute Gasteiger partial charge is 0.491 e. The van der Waals surface area contributed by atoms with Crippen molar-refractivity contribution in [3.63, 3.8) is 0 Å². The van der Waals surface area contributed by atoms with Crippen molar-refractivity contribution >= 4 is 17.7 Å². The van der Waals surface area contributed by atoms with Crippen molar-refractivity contribution < 1.29 is 29.4 Å². The summed E-state index contributed by atoms with van der Waals surface area (Å²) in [4.78, 5) is 23.5. The molecule has 0 bridgehead atoms. The summed E-state index contributed by atoms with van der Waals surface area (Å²) in [5.41, 5.74) is 4.06. The van der Waals surface area contributed by atoms with Gasteiger partial charge in [-0.2, -0.15) is 0 Å². The van der Waals surface area contributed by atoms with E-state index in [1.54, 1.807) is 30.3 Å². The summed E-state index contributed by atoms with van der Waals surface area (Å²) in [6.45, 7) is 2.09. The van der Waals surface area contributed by atoms with Gasteiger partial charge in [0.2, 0.25) is 0 Å². The van der Waals surface area contributed by atoms with Gasteiger partial charge in [0, 0.05) is 11.8 Å². The van der Waals surface area contributed by atoms with Crippen molar-refractivity contribution in [3.05, 3.63) is 71.8 Å². The van der Waals surface area contributed by atoms with Gasteiger partial charge >= 0.3 is 6.09 Å². The van der Waals surface area contributed by atoms with E-state index in [0.29, 0.717) is 30.7 Å². The SMILES string of the molecule is Cc1ccc(NC(=O)O[C@H](CCC/C=C/C(=O)NO)c2ccc(OCCO)cc2)cc1. The number of aryl methyl sites for hydroxylation is 1. The van der Waals surface area contributed by atoms with E-state index in [1.807, 2.05) is 31.2 Å². The Morgan fingerprint density at radius 3 is 2.45 bits per heavy atom. The minimum absolute atomic E-state index is 0.0749. The highest BCUT2D eigenvalue weighted by Gasteiger charge is 2.17. The van der Waals surface area contributed by atoms with Gasteiger partial charge in [-0.25, -0.2) is 10.3 Å². The molecular formula is C23H28N2O6. The number of aliphatic hydroxyl groups excluding tert-OH is 1. The molecule has 0 saturated carbocycles. The summed E-state index contributed by atoms with van der Waals surface area (Å²) >= 11 is 0. The lowest BCUT2D eigenvalue weighted by atomic mass is 10.0. The Labute approximate surface area is 181 Å². The molecule has 31 heavy (non-hydrogen) atoms. The van der Waals surface area contributed by atoms with Crippen LogP contribution in [0.5, 0.6) is 5.75 Å². The molecule has 0 aliphatic carbocycles. The Balaban J connectivity index is 2.01. The average Bonchev–Trinajstić information content (AvgIpc) is 2.78. The molecule has 0 aliphatic rings. The molecule has 2 rings (SSSR count). The smallest absolute Gasteiger partial charge is 0.412 e. The van der Waals surface area contributed by atoms with Crippen LogP contribution in [0.2, 0.25) is 0 Å². The zero-order chi connectivity index (χ0) is 22.5. The molecule has 0 spiro atoms. The number of nitrogens with one attached hydrogen (secondary N) is 2. The summed E-state index contributed by atoms with van der Waals surface area (Å²) in [6, 6.07) is 14.5. The first-order valence-corrected chi connectivity index (χ1v) is 10.0. The molecule has 1 atom stereocenters. The van der Waals surface area contributed by atoms with Gasteiger partial charge in [0.1, 0.15) is 18.5 Å². The van der Waals surface area contributed by atoms with Crippen molar-refractivity contribution in [2.45, 2.75) is 32.3 Å². The molecule has 0 aliphatic heterocycles. The van der Waals surface area contributed by atoms with Gasteiger partial charge in [-0.05, 0) is 56.0 Å². The average molecular weight is 428 g/mol. The second-order valence-electron chi connectivity index (χ2n) is 6.84. The highest BCUT2D eigenvalue weighted by molar-refractivity contribution is 5.86. The molecule has 4 N–H and O–H groups in total. The lowest BCUT2D eigenvalue weighted by Gasteiger charge is -2.19. The molecule has 8 nitrogen and oxygen atoms in total. The fourth-order valence-electron chi connectivity index (χ4n) is 2.80. The molecular weight excluding hydrogens is 400 g/mol. The predicted octanol–water partition coefficient (Wildman–Crippen LogP) is 3.89. The third kappa shape index (κ3) is 8.90. The molecule has 0 saturated heterocycles. The molecule has 2 aromatic carbocycles. The van der Waals surface area contributed by atoms with Gasteiger partial charge in [0.25, 0.3) is 5.91 Å². The second-order valence-corrected chi connectivity index (χ2v) is 6.84. The number of benzene rings is 2. The number of allylic oxidation sites excluding steroid dienone is 1. The first kappa shape index (κ1) is 23.9. The first-order chi connectivity index (χ1) is 15.0. The van der Waals surface area contributed by atoms with Crippen LogP contribution in [0.4, 0.5) is 10.5 Å². The van der Waals surface area contributed by atoms with E-state index >= 15 is 0 Å². The van der Waals surface area contributed by atoms with Crippen LogP contribution in [0.15, 0.2) is 60.7 Å². The lowest BCUT2D eigenvalue weighted by molar-refractivity contribution is -0.124. The van der Waals surface area contributed by atoms with E-state index in [4.69, 9.17) is 19.8 Å². The quantitative estimate of drug-likeness (QED) is 0.187. The zero-order valence-corrected chi connectivity index (χ0v) is 17.4. The molecule has 8 heteroatoms. The molecule has 0 heterocycles. The molecule has 0 fully saturated rings. The predicted molar refractivity (Wildman–Crippen MR) is 116 cm³/mol. The highest BCUT2D eigenvalue weighted by Crippen LogP contribution is 2.26. The molecule has 166 valence electrons. The van der Waals surface area contributed by atoms with Crippen LogP contribution in [0, 0.1) is 6.92 Å². The van der Waals surface area contributed by atoms with Crippen LogP contribution in [-0.2, 0) is 9.53 Å². The van der Waals surface area contributed by atoms with E-state index in [0.717, 1.165) is 11.1 Å². The molecule has 2 aromatic rings. The van der Waals surface area contributed by atoms with E-state index < -0.39 is 18.1 Å². The van der Waals surface area contributed by atoms with E-state index in [-0.39, 0.29) is 13.2 Å². The Morgan fingerprint density at radius 2 is 1.81 bits per heavy atom. The standard InChI is InChI=1S/C23H28N2O6/c1-17-7-11-19(12-8-17)24-23(28)31-21(5-3-2-4-6-22(27)25-29)18-9-13-20(14-10-18)30-16-15-26/h4,6-14,21,26,29H,2-3,5,15-16H2,1H3,(H,24,28)(H,25,27)/b6-4+/t21-/m1/s1. The molecule has 0 aromatic heterocycles. The van der Waals surface area contributed by atoms with E-state index in [2.05, 4.69) is 5.32 Å². The second kappa shape index (κ2) is 13.0.